The summed E-state index contributed by atoms with van der Waals surface area (Å²) in [6, 6.07) is 0. The molecule has 0 aliphatic heterocycles. The second kappa shape index (κ2) is 5.11. The first-order valence-electron chi connectivity index (χ1n) is 5.28. The van der Waals surface area contributed by atoms with E-state index in [4.69, 9.17) is 11.6 Å². The maximum atomic E-state index is 5.80. The van der Waals surface area contributed by atoms with E-state index in [-0.39, 0.29) is 0 Å². The average Bonchev–Trinajstić information content (AvgIpc) is 2.09. The number of alkyl halides is 1. The molecule has 0 saturated heterocycles. The Balaban J connectivity index is 2.17. The van der Waals surface area contributed by atoms with Gasteiger partial charge in [0.2, 0.25) is 0 Å². The zero-order valence-corrected chi connectivity index (χ0v) is 9.11. The summed E-state index contributed by atoms with van der Waals surface area (Å²) in [5, 5.41) is 0. The first-order valence-corrected chi connectivity index (χ1v) is 5.81. The molecule has 0 nitrogen and oxygen atoms in total. The molecule has 0 aromatic carbocycles. The summed E-state index contributed by atoms with van der Waals surface area (Å²) in [5.74, 6) is 3.53. The van der Waals surface area contributed by atoms with E-state index < -0.39 is 0 Å². The van der Waals surface area contributed by atoms with Crippen LogP contribution in [0.1, 0.15) is 46.0 Å². The van der Waals surface area contributed by atoms with Gasteiger partial charge in [0.05, 0.1) is 0 Å². The maximum Gasteiger partial charge on any atom is 0.0249 e. The van der Waals surface area contributed by atoms with E-state index in [1.54, 1.807) is 0 Å². The molecule has 1 heteroatoms. The van der Waals surface area contributed by atoms with Gasteiger partial charge in [-0.1, -0.05) is 39.5 Å². The van der Waals surface area contributed by atoms with Crippen molar-refractivity contribution in [2.45, 2.75) is 46.0 Å². The Morgan fingerprint density at radius 1 is 1.25 bits per heavy atom. The normalized spacial score (nSPS) is 33.2. The van der Waals surface area contributed by atoms with Crippen molar-refractivity contribution in [3.8, 4) is 0 Å². The van der Waals surface area contributed by atoms with Crippen LogP contribution in [0.25, 0.3) is 0 Å². The number of rotatable bonds is 3. The second-order valence-electron chi connectivity index (χ2n) is 4.62. The molecule has 72 valence electrons. The lowest BCUT2D eigenvalue weighted by Crippen LogP contribution is -2.15. The molecule has 0 bridgehead atoms. The van der Waals surface area contributed by atoms with Crippen LogP contribution in [0.4, 0.5) is 0 Å². The molecule has 0 radical (unpaired) electrons. The van der Waals surface area contributed by atoms with Gasteiger partial charge in [-0.2, -0.15) is 0 Å². The Morgan fingerprint density at radius 2 is 1.83 bits per heavy atom. The van der Waals surface area contributed by atoms with Crippen LogP contribution in [0.2, 0.25) is 0 Å². The molecular formula is C11H21Cl. The Kier molecular flexibility index (Phi) is 4.42. The van der Waals surface area contributed by atoms with Crippen molar-refractivity contribution in [2.24, 2.45) is 17.8 Å². The van der Waals surface area contributed by atoms with Crippen LogP contribution >= 0.6 is 11.6 Å². The molecule has 12 heavy (non-hydrogen) atoms. The summed E-state index contributed by atoms with van der Waals surface area (Å²) in [6.07, 6.45) is 7.14. The van der Waals surface area contributed by atoms with Crippen molar-refractivity contribution in [1.29, 1.82) is 0 Å². The molecule has 1 fully saturated rings. The highest BCUT2D eigenvalue weighted by Crippen LogP contribution is 2.32. The molecule has 1 unspecified atom stereocenters. The zero-order valence-electron chi connectivity index (χ0n) is 8.35. The van der Waals surface area contributed by atoms with E-state index in [0.717, 1.165) is 23.6 Å². The van der Waals surface area contributed by atoms with E-state index in [9.17, 15) is 0 Å². The third-order valence-corrected chi connectivity index (χ3v) is 3.66. The Labute approximate surface area is 81.7 Å². The lowest BCUT2D eigenvalue weighted by Gasteiger charge is -2.27. The van der Waals surface area contributed by atoms with Gasteiger partial charge in [0.1, 0.15) is 0 Å². The fourth-order valence-corrected chi connectivity index (χ4v) is 2.32. The van der Waals surface area contributed by atoms with Gasteiger partial charge in [0.15, 0.2) is 0 Å². The maximum absolute atomic E-state index is 5.80. The van der Waals surface area contributed by atoms with Crippen LogP contribution in [0.5, 0.6) is 0 Å². The Hall–Kier alpha value is 0.290. The first-order chi connectivity index (χ1) is 5.72. The molecule has 1 saturated carbocycles. The van der Waals surface area contributed by atoms with Gasteiger partial charge in [-0.3, -0.25) is 0 Å². The summed E-state index contributed by atoms with van der Waals surface area (Å²) < 4.78 is 0. The van der Waals surface area contributed by atoms with Crippen LogP contribution in [0.15, 0.2) is 0 Å². The minimum Gasteiger partial charge on any atom is -0.126 e. The van der Waals surface area contributed by atoms with Crippen LogP contribution in [0, 0.1) is 17.8 Å². The third-order valence-electron chi connectivity index (χ3n) is 3.13. The van der Waals surface area contributed by atoms with Crippen molar-refractivity contribution in [3.63, 3.8) is 0 Å². The zero-order chi connectivity index (χ0) is 8.97. The van der Waals surface area contributed by atoms with Crippen molar-refractivity contribution in [3.05, 3.63) is 0 Å². The van der Waals surface area contributed by atoms with Gasteiger partial charge in [0, 0.05) is 5.88 Å². The molecule has 0 N–H and O–H groups in total. The average molecular weight is 189 g/mol. The Bertz CT molecular complexity index is 114. The van der Waals surface area contributed by atoms with Gasteiger partial charge >= 0.3 is 0 Å². The van der Waals surface area contributed by atoms with Crippen LogP contribution in [0.3, 0.4) is 0 Å². The highest BCUT2D eigenvalue weighted by Gasteiger charge is 2.19. The molecule has 1 aliphatic carbocycles. The predicted molar refractivity (Wildman–Crippen MR) is 55.6 cm³/mol. The number of hydrogen-bond acceptors (Lipinski definition) is 0. The van der Waals surface area contributed by atoms with Crippen molar-refractivity contribution in [2.75, 3.05) is 5.88 Å². The second-order valence-corrected chi connectivity index (χ2v) is 4.93. The van der Waals surface area contributed by atoms with Gasteiger partial charge < -0.3 is 0 Å². The van der Waals surface area contributed by atoms with Crippen LogP contribution < -0.4 is 0 Å². The quantitative estimate of drug-likeness (QED) is 0.586. The van der Waals surface area contributed by atoms with E-state index in [1.807, 2.05) is 0 Å². The molecule has 1 aliphatic rings. The van der Waals surface area contributed by atoms with Gasteiger partial charge in [-0.25, -0.2) is 0 Å². The van der Waals surface area contributed by atoms with Crippen molar-refractivity contribution < 1.29 is 0 Å². The largest absolute Gasteiger partial charge is 0.126 e. The smallest absolute Gasteiger partial charge is 0.0249 e. The highest BCUT2D eigenvalue weighted by atomic mass is 35.5. The fourth-order valence-electron chi connectivity index (χ4n) is 2.20. The topological polar surface area (TPSA) is 0 Å². The summed E-state index contributed by atoms with van der Waals surface area (Å²) in [6.45, 7) is 4.65. The minimum absolute atomic E-state index is 0.727. The fraction of sp³-hybridized carbons (Fsp3) is 1.00. The van der Waals surface area contributed by atoms with Gasteiger partial charge in [-0.05, 0) is 24.2 Å². The Morgan fingerprint density at radius 3 is 2.33 bits per heavy atom. The predicted octanol–water partition coefficient (Wildman–Crippen LogP) is 4.08. The van der Waals surface area contributed by atoms with Gasteiger partial charge in [-0.15, -0.1) is 11.6 Å². The van der Waals surface area contributed by atoms with Crippen molar-refractivity contribution >= 4 is 11.6 Å². The molecule has 0 aromatic rings. The molecule has 0 spiro atoms. The first kappa shape index (κ1) is 10.4. The third kappa shape index (κ3) is 3.35. The molecule has 0 amide bonds. The lowest BCUT2D eigenvalue weighted by atomic mass is 9.79. The SMILES string of the molecule is CC1CCC(CC(C)CCl)CC1. The van der Waals surface area contributed by atoms with Crippen molar-refractivity contribution in [1.82, 2.24) is 0 Å². The van der Waals surface area contributed by atoms with Crippen LogP contribution in [-0.4, -0.2) is 5.88 Å². The van der Waals surface area contributed by atoms with E-state index in [2.05, 4.69) is 13.8 Å². The summed E-state index contributed by atoms with van der Waals surface area (Å²) in [4.78, 5) is 0. The molecule has 0 aromatic heterocycles. The molecular weight excluding hydrogens is 168 g/mol. The van der Waals surface area contributed by atoms with E-state index in [0.29, 0.717) is 0 Å². The number of halogens is 1. The van der Waals surface area contributed by atoms with Gasteiger partial charge in [0.25, 0.3) is 0 Å². The lowest BCUT2D eigenvalue weighted by molar-refractivity contribution is 0.257. The van der Waals surface area contributed by atoms with E-state index in [1.165, 1.54) is 32.1 Å². The minimum atomic E-state index is 0.727. The monoisotopic (exact) mass is 188 g/mol. The number of hydrogen-bond donors (Lipinski definition) is 0. The van der Waals surface area contributed by atoms with E-state index >= 15 is 0 Å². The molecule has 1 atom stereocenters. The summed E-state index contributed by atoms with van der Waals surface area (Å²) >= 11 is 5.80. The summed E-state index contributed by atoms with van der Waals surface area (Å²) in [5.41, 5.74) is 0. The highest BCUT2D eigenvalue weighted by molar-refractivity contribution is 6.18. The summed E-state index contributed by atoms with van der Waals surface area (Å²) in [7, 11) is 0. The molecule has 0 heterocycles. The standard InChI is InChI=1S/C11H21Cl/c1-9-3-5-11(6-4-9)7-10(2)8-12/h9-11H,3-8H2,1-2H3. The molecule has 1 rings (SSSR count). The van der Waals surface area contributed by atoms with Crippen LogP contribution in [-0.2, 0) is 0 Å².